The van der Waals surface area contributed by atoms with Gasteiger partial charge in [-0.3, -0.25) is 0 Å². The van der Waals surface area contributed by atoms with Crippen LogP contribution in [-0.4, -0.2) is 19.2 Å². The van der Waals surface area contributed by atoms with Crippen LogP contribution in [0.4, 0.5) is 19.0 Å². The molecule has 0 fully saturated rings. The number of hydrogen-bond donors (Lipinski definition) is 1. The van der Waals surface area contributed by atoms with Crippen LogP contribution in [0.5, 0.6) is 11.5 Å². The molecule has 124 valence electrons. The van der Waals surface area contributed by atoms with Gasteiger partial charge in [-0.1, -0.05) is 23.7 Å². The van der Waals surface area contributed by atoms with Crippen molar-refractivity contribution in [1.29, 1.82) is 0 Å². The lowest BCUT2D eigenvalue weighted by molar-refractivity contribution is -0.137. The zero-order chi connectivity index (χ0) is 17.0. The number of ether oxygens (including phenoxy) is 2. The van der Waals surface area contributed by atoms with Gasteiger partial charge in [-0.15, -0.1) is 0 Å². The van der Waals surface area contributed by atoms with Crippen molar-refractivity contribution in [2.45, 2.75) is 12.7 Å². The number of aromatic nitrogens is 1. The van der Waals surface area contributed by atoms with Gasteiger partial charge in [-0.25, -0.2) is 4.98 Å². The molecule has 23 heavy (non-hydrogen) atoms. The topological polar surface area (TPSA) is 43.4 Å². The molecule has 0 saturated carbocycles. The number of nitrogens with one attached hydrogen (secondary N) is 1. The Labute approximate surface area is 136 Å². The van der Waals surface area contributed by atoms with Crippen LogP contribution < -0.4 is 14.8 Å². The Morgan fingerprint density at radius 1 is 1.22 bits per heavy atom. The minimum absolute atomic E-state index is 0.110. The van der Waals surface area contributed by atoms with Gasteiger partial charge >= 0.3 is 6.18 Å². The first kappa shape index (κ1) is 17.2. The molecule has 1 N–H and O–H groups in total. The summed E-state index contributed by atoms with van der Waals surface area (Å²) in [6.45, 7) is 0.262. The highest BCUT2D eigenvalue weighted by Gasteiger charge is 2.31. The van der Waals surface area contributed by atoms with E-state index in [0.29, 0.717) is 11.5 Å². The summed E-state index contributed by atoms with van der Waals surface area (Å²) in [5.74, 6) is 1.24. The summed E-state index contributed by atoms with van der Waals surface area (Å²) in [6, 6.07) is 6.15. The third kappa shape index (κ3) is 3.98. The van der Waals surface area contributed by atoms with Gasteiger partial charge < -0.3 is 14.8 Å². The highest BCUT2D eigenvalue weighted by atomic mass is 35.5. The summed E-state index contributed by atoms with van der Waals surface area (Å²) >= 11 is 5.85. The number of para-hydroxylation sites is 1. The summed E-state index contributed by atoms with van der Waals surface area (Å²) in [4.78, 5) is 3.72. The number of methoxy groups -OCH3 is 2. The maximum Gasteiger partial charge on any atom is 0.417 e. The second kappa shape index (κ2) is 6.95. The molecule has 8 heteroatoms. The maximum atomic E-state index is 12.6. The highest BCUT2D eigenvalue weighted by molar-refractivity contribution is 6.32. The van der Waals surface area contributed by atoms with E-state index < -0.39 is 11.7 Å². The van der Waals surface area contributed by atoms with Gasteiger partial charge in [0.05, 0.1) is 24.8 Å². The molecule has 1 aromatic carbocycles. The van der Waals surface area contributed by atoms with Crippen LogP contribution in [-0.2, 0) is 12.7 Å². The van der Waals surface area contributed by atoms with E-state index in [9.17, 15) is 13.2 Å². The Bertz CT molecular complexity index is 693. The molecule has 2 aromatic rings. The molecular formula is C15H14ClF3N2O2. The molecule has 1 heterocycles. The van der Waals surface area contributed by atoms with Crippen LogP contribution in [0.25, 0.3) is 0 Å². The minimum Gasteiger partial charge on any atom is -0.493 e. The molecule has 0 spiro atoms. The largest absolute Gasteiger partial charge is 0.493 e. The first-order chi connectivity index (χ1) is 10.9. The maximum absolute atomic E-state index is 12.6. The van der Waals surface area contributed by atoms with Gasteiger partial charge in [-0.2, -0.15) is 13.2 Å². The van der Waals surface area contributed by atoms with E-state index in [-0.39, 0.29) is 17.4 Å². The van der Waals surface area contributed by atoms with Crippen molar-refractivity contribution < 1.29 is 22.6 Å². The van der Waals surface area contributed by atoms with Crippen LogP contribution >= 0.6 is 11.6 Å². The molecule has 0 aliphatic carbocycles. The van der Waals surface area contributed by atoms with Crippen molar-refractivity contribution in [3.05, 3.63) is 46.6 Å². The third-order valence-corrected chi connectivity index (χ3v) is 3.39. The minimum atomic E-state index is -4.48. The standard InChI is InChI=1S/C15H14ClF3N2O2/c1-22-12-5-3-4-9(13(12)23-2)7-20-14-11(16)6-10(8-21-14)15(17,18)19/h3-6,8H,7H2,1-2H3,(H,20,21). The molecule has 0 bridgehead atoms. The van der Waals surface area contributed by atoms with Crippen LogP contribution in [0.2, 0.25) is 5.02 Å². The number of halogens is 4. The SMILES string of the molecule is COc1cccc(CNc2ncc(C(F)(F)F)cc2Cl)c1OC. The average Bonchev–Trinajstić information content (AvgIpc) is 2.52. The van der Waals surface area contributed by atoms with Crippen LogP contribution in [0, 0.1) is 0 Å². The summed E-state index contributed by atoms with van der Waals surface area (Å²) < 4.78 is 48.2. The second-order valence-corrected chi connectivity index (χ2v) is 4.97. The van der Waals surface area contributed by atoms with Crippen LogP contribution in [0.15, 0.2) is 30.5 Å². The van der Waals surface area contributed by atoms with E-state index in [0.717, 1.165) is 17.8 Å². The van der Waals surface area contributed by atoms with Crippen molar-refractivity contribution in [3.8, 4) is 11.5 Å². The lowest BCUT2D eigenvalue weighted by Gasteiger charge is -2.14. The molecule has 0 aliphatic heterocycles. The van der Waals surface area contributed by atoms with Crippen molar-refractivity contribution in [3.63, 3.8) is 0 Å². The van der Waals surface area contributed by atoms with Gasteiger partial charge in [0, 0.05) is 18.3 Å². The normalized spacial score (nSPS) is 11.2. The fourth-order valence-electron chi connectivity index (χ4n) is 1.99. The molecule has 0 radical (unpaired) electrons. The quantitative estimate of drug-likeness (QED) is 0.872. The van der Waals surface area contributed by atoms with Crippen molar-refractivity contribution in [2.75, 3.05) is 19.5 Å². The number of rotatable bonds is 5. The summed E-state index contributed by atoms with van der Waals surface area (Å²) in [5, 5.41) is 2.78. The van der Waals surface area contributed by atoms with Gasteiger partial charge in [-0.05, 0) is 12.1 Å². The Hall–Kier alpha value is -2.15. The van der Waals surface area contributed by atoms with Crippen molar-refractivity contribution in [1.82, 2.24) is 4.98 Å². The smallest absolute Gasteiger partial charge is 0.417 e. The number of pyridine rings is 1. The van der Waals surface area contributed by atoms with Gasteiger partial charge in [0.2, 0.25) is 0 Å². The molecule has 0 aliphatic rings. The predicted molar refractivity (Wildman–Crippen MR) is 81.1 cm³/mol. The predicted octanol–water partition coefficient (Wildman–Crippen LogP) is 4.38. The first-order valence-corrected chi connectivity index (χ1v) is 6.91. The average molecular weight is 347 g/mol. The molecular weight excluding hydrogens is 333 g/mol. The summed E-state index contributed by atoms with van der Waals surface area (Å²) in [5.41, 5.74) is -0.142. The molecule has 0 amide bonds. The lowest BCUT2D eigenvalue weighted by atomic mass is 10.2. The molecule has 4 nitrogen and oxygen atoms in total. The first-order valence-electron chi connectivity index (χ1n) is 6.53. The second-order valence-electron chi connectivity index (χ2n) is 4.56. The Kier molecular flexibility index (Phi) is 5.20. The number of hydrogen-bond acceptors (Lipinski definition) is 4. The molecule has 2 rings (SSSR count). The fraction of sp³-hybridized carbons (Fsp3) is 0.267. The van der Waals surface area contributed by atoms with E-state index >= 15 is 0 Å². The number of alkyl halides is 3. The van der Waals surface area contributed by atoms with Gasteiger partial charge in [0.1, 0.15) is 5.82 Å². The lowest BCUT2D eigenvalue weighted by Crippen LogP contribution is -2.08. The van der Waals surface area contributed by atoms with Crippen molar-refractivity contribution >= 4 is 17.4 Å². The number of nitrogens with zero attached hydrogens (tertiary/aromatic N) is 1. The van der Waals surface area contributed by atoms with Crippen LogP contribution in [0.1, 0.15) is 11.1 Å². The van der Waals surface area contributed by atoms with Crippen molar-refractivity contribution in [2.24, 2.45) is 0 Å². The van der Waals surface area contributed by atoms with Gasteiger partial charge in [0.15, 0.2) is 11.5 Å². The Balaban J connectivity index is 2.19. The zero-order valence-corrected chi connectivity index (χ0v) is 13.1. The van der Waals surface area contributed by atoms with E-state index in [2.05, 4.69) is 10.3 Å². The molecule has 0 atom stereocenters. The number of benzene rings is 1. The summed E-state index contributed by atoms with van der Waals surface area (Å²) in [7, 11) is 3.02. The van der Waals surface area contributed by atoms with E-state index in [4.69, 9.17) is 21.1 Å². The third-order valence-electron chi connectivity index (χ3n) is 3.10. The summed E-state index contributed by atoms with van der Waals surface area (Å²) in [6.07, 6.45) is -3.75. The van der Waals surface area contributed by atoms with Gasteiger partial charge in [0.25, 0.3) is 0 Å². The fourth-order valence-corrected chi connectivity index (χ4v) is 2.23. The molecule has 0 saturated heterocycles. The van der Waals surface area contributed by atoms with E-state index in [1.165, 1.54) is 14.2 Å². The zero-order valence-electron chi connectivity index (χ0n) is 12.4. The molecule has 1 aromatic heterocycles. The van der Waals surface area contributed by atoms with E-state index in [1.807, 2.05) is 0 Å². The molecule has 0 unspecified atom stereocenters. The number of anilines is 1. The monoisotopic (exact) mass is 346 g/mol. The Morgan fingerprint density at radius 2 is 1.96 bits per heavy atom. The van der Waals surface area contributed by atoms with Crippen LogP contribution in [0.3, 0.4) is 0 Å². The highest BCUT2D eigenvalue weighted by Crippen LogP contribution is 2.34. The Morgan fingerprint density at radius 3 is 2.52 bits per heavy atom. The van der Waals surface area contributed by atoms with E-state index in [1.54, 1.807) is 18.2 Å².